The van der Waals surface area contributed by atoms with Gasteiger partial charge < -0.3 is 10.1 Å². The Morgan fingerprint density at radius 3 is 2.73 bits per heavy atom. The molecule has 0 atom stereocenters. The number of hydrogen-bond donors (Lipinski definition) is 2. The molecule has 0 amide bonds. The lowest BCUT2D eigenvalue weighted by molar-refractivity contribution is 0.0577. The topological polar surface area (TPSA) is 67.4 Å². The molecule has 0 aliphatic carbocycles. The van der Waals surface area contributed by atoms with Gasteiger partial charge in [-0.15, -0.1) is 0 Å². The van der Waals surface area contributed by atoms with Gasteiger partial charge in [0.1, 0.15) is 4.90 Å². The molecule has 1 saturated heterocycles. The summed E-state index contributed by atoms with van der Waals surface area (Å²) < 4.78 is 46.3. The van der Waals surface area contributed by atoms with E-state index in [0.29, 0.717) is 6.61 Å². The highest BCUT2D eigenvalue weighted by Gasteiger charge is 2.34. The first-order chi connectivity index (χ1) is 10.4. The Hall–Kier alpha value is -0.730. The van der Waals surface area contributed by atoms with E-state index in [1.807, 2.05) is 0 Å². The highest BCUT2D eigenvalue weighted by atomic mass is 35.5. The van der Waals surface area contributed by atoms with Crippen molar-refractivity contribution in [1.29, 1.82) is 0 Å². The van der Waals surface area contributed by atoms with Crippen molar-refractivity contribution in [2.45, 2.75) is 17.7 Å². The number of ether oxygens (including phenoxy) is 1. The van der Waals surface area contributed by atoms with Crippen molar-refractivity contribution in [1.82, 2.24) is 10.0 Å². The Labute approximate surface area is 135 Å². The van der Waals surface area contributed by atoms with Crippen LogP contribution in [0.5, 0.6) is 0 Å². The van der Waals surface area contributed by atoms with Crippen LogP contribution in [0.2, 0.25) is 5.02 Å². The Morgan fingerprint density at radius 1 is 1.41 bits per heavy atom. The molecule has 2 N–H and O–H groups in total. The van der Waals surface area contributed by atoms with Gasteiger partial charge in [-0.3, -0.25) is 0 Å². The summed E-state index contributed by atoms with van der Waals surface area (Å²) in [4.78, 5) is -0.429. The van der Waals surface area contributed by atoms with Crippen LogP contribution in [0.15, 0.2) is 23.1 Å². The smallest absolute Gasteiger partial charge is 0.243 e. The first kappa shape index (κ1) is 17.6. The van der Waals surface area contributed by atoms with E-state index < -0.39 is 20.7 Å². The minimum atomic E-state index is -3.95. The van der Waals surface area contributed by atoms with Crippen LogP contribution >= 0.6 is 11.6 Å². The van der Waals surface area contributed by atoms with E-state index in [1.165, 1.54) is 18.2 Å². The molecular formula is C14H20ClFN2O3S. The number of nitrogens with one attached hydrogen (secondary N) is 2. The molecule has 22 heavy (non-hydrogen) atoms. The second-order valence-electron chi connectivity index (χ2n) is 5.56. The Kier molecular flexibility index (Phi) is 5.79. The van der Waals surface area contributed by atoms with E-state index in [2.05, 4.69) is 10.0 Å². The maximum atomic E-state index is 13.9. The molecule has 0 saturated carbocycles. The molecule has 0 radical (unpaired) electrons. The minimum absolute atomic E-state index is 0.205. The van der Waals surface area contributed by atoms with Crippen LogP contribution in [0.25, 0.3) is 0 Å². The largest absolute Gasteiger partial charge is 0.384 e. The van der Waals surface area contributed by atoms with Crippen molar-refractivity contribution in [3.8, 4) is 0 Å². The molecule has 0 unspecified atom stereocenters. The lowest BCUT2D eigenvalue weighted by Gasteiger charge is -2.37. The van der Waals surface area contributed by atoms with Crippen LogP contribution in [0.1, 0.15) is 12.8 Å². The molecular weight excluding hydrogens is 331 g/mol. The third-order valence-corrected chi connectivity index (χ3v) is 5.67. The zero-order valence-corrected chi connectivity index (χ0v) is 13.9. The molecule has 0 bridgehead atoms. The van der Waals surface area contributed by atoms with Gasteiger partial charge in [-0.25, -0.2) is 17.5 Å². The van der Waals surface area contributed by atoms with Gasteiger partial charge in [0.05, 0.1) is 11.6 Å². The molecule has 1 aromatic rings. The van der Waals surface area contributed by atoms with Crippen molar-refractivity contribution in [2.75, 3.05) is 33.4 Å². The van der Waals surface area contributed by atoms with Crippen molar-refractivity contribution in [3.63, 3.8) is 0 Å². The quantitative estimate of drug-likeness (QED) is 0.820. The van der Waals surface area contributed by atoms with Gasteiger partial charge in [0.25, 0.3) is 0 Å². The zero-order valence-electron chi connectivity index (χ0n) is 12.4. The molecule has 124 valence electrons. The monoisotopic (exact) mass is 350 g/mol. The van der Waals surface area contributed by atoms with Crippen LogP contribution in [-0.4, -0.2) is 41.8 Å². The third-order valence-electron chi connectivity index (χ3n) is 3.96. The van der Waals surface area contributed by atoms with Gasteiger partial charge in [0, 0.05) is 19.1 Å². The average Bonchev–Trinajstić information content (AvgIpc) is 2.49. The molecule has 2 rings (SSSR count). The Balaban J connectivity index is 2.16. The number of halogens is 2. The minimum Gasteiger partial charge on any atom is -0.384 e. The highest BCUT2D eigenvalue weighted by molar-refractivity contribution is 7.89. The fourth-order valence-corrected chi connectivity index (χ4v) is 4.14. The normalized spacial score (nSPS) is 18.3. The van der Waals surface area contributed by atoms with Gasteiger partial charge in [0.15, 0.2) is 5.82 Å². The molecule has 1 aliphatic rings. The number of rotatable bonds is 6. The van der Waals surface area contributed by atoms with E-state index in [9.17, 15) is 12.8 Å². The number of benzene rings is 1. The lowest BCUT2D eigenvalue weighted by atomic mass is 9.80. The van der Waals surface area contributed by atoms with E-state index in [0.717, 1.165) is 25.9 Å². The first-order valence-corrected chi connectivity index (χ1v) is 8.90. The van der Waals surface area contributed by atoms with Gasteiger partial charge >= 0.3 is 0 Å². The SMILES string of the molecule is COCC1(CNS(=O)(=O)c2cccc(Cl)c2F)CCNCC1. The summed E-state index contributed by atoms with van der Waals surface area (Å²) in [6.45, 7) is 2.26. The molecule has 1 heterocycles. The summed E-state index contributed by atoms with van der Waals surface area (Å²) in [6, 6.07) is 3.93. The molecule has 8 heteroatoms. The maximum absolute atomic E-state index is 13.9. The summed E-state index contributed by atoms with van der Waals surface area (Å²) >= 11 is 5.65. The van der Waals surface area contributed by atoms with Gasteiger partial charge in [-0.1, -0.05) is 17.7 Å². The van der Waals surface area contributed by atoms with Crippen molar-refractivity contribution < 1.29 is 17.5 Å². The number of sulfonamides is 1. The molecule has 1 fully saturated rings. The van der Waals surface area contributed by atoms with Gasteiger partial charge in [-0.05, 0) is 38.1 Å². The zero-order chi connectivity index (χ0) is 16.2. The molecule has 5 nitrogen and oxygen atoms in total. The summed E-state index contributed by atoms with van der Waals surface area (Å²) in [5, 5.41) is 3.02. The molecule has 0 aromatic heterocycles. The molecule has 1 aromatic carbocycles. The summed E-state index contributed by atoms with van der Waals surface area (Å²) in [5.74, 6) is -0.928. The van der Waals surface area contributed by atoms with Crippen molar-refractivity contribution in [2.24, 2.45) is 5.41 Å². The van der Waals surface area contributed by atoms with E-state index in [1.54, 1.807) is 7.11 Å². The van der Waals surface area contributed by atoms with Crippen LogP contribution < -0.4 is 10.0 Å². The van der Waals surface area contributed by atoms with E-state index >= 15 is 0 Å². The lowest BCUT2D eigenvalue weighted by Crippen LogP contribution is -2.47. The number of methoxy groups -OCH3 is 1. The Bertz CT molecular complexity index is 613. The molecule has 1 aliphatic heterocycles. The van der Waals surface area contributed by atoms with Gasteiger partial charge in [-0.2, -0.15) is 0 Å². The van der Waals surface area contributed by atoms with Crippen molar-refractivity contribution >= 4 is 21.6 Å². The average molecular weight is 351 g/mol. The predicted octanol–water partition coefficient (Wildman–Crippen LogP) is 1.77. The summed E-state index contributed by atoms with van der Waals surface area (Å²) in [6.07, 6.45) is 1.59. The molecule has 0 spiro atoms. The van der Waals surface area contributed by atoms with Gasteiger partial charge in [0.2, 0.25) is 10.0 Å². The summed E-state index contributed by atoms with van der Waals surface area (Å²) in [7, 11) is -2.36. The number of hydrogen-bond acceptors (Lipinski definition) is 4. The second-order valence-corrected chi connectivity index (χ2v) is 7.70. The highest BCUT2D eigenvalue weighted by Crippen LogP contribution is 2.29. The third kappa shape index (κ3) is 3.97. The van der Waals surface area contributed by atoms with Crippen LogP contribution in [0.4, 0.5) is 4.39 Å². The van der Waals surface area contributed by atoms with Crippen LogP contribution in [0.3, 0.4) is 0 Å². The number of piperidine rings is 1. The maximum Gasteiger partial charge on any atom is 0.243 e. The van der Waals surface area contributed by atoms with Crippen molar-refractivity contribution in [3.05, 3.63) is 29.0 Å². The fraction of sp³-hybridized carbons (Fsp3) is 0.571. The van der Waals surface area contributed by atoms with Crippen LogP contribution in [0, 0.1) is 11.2 Å². The predicted molar refractivity (Wildman–Crippen MR) is 83.0 cm³/mol. The standard InChI is InChI=1S/C14H20ClFN2O3S/c1-21-10-14(5-7-17-8-6-14)9-18-22(19,20)12-4-2-3-11(15)13(12)16/h2-4,17-18H,5-10H2,1H3. The second kappa shape index (κ2) is 7.23. The Morgan fingerprint density at radius 2 is 2.09 bits per heavy atom. The van der Waals surface area contributed by atoms with E-state index in [-0.39, 0.29) is 17.0 Å². The van der Waals surface area contributed by atoms with Crippen LogP contribution in [-0.2, 0) is 14.8 Å². The first-order valence-electron chi connectivity index (χ1n) is 7.04. The fourth-order valence-electron chi connectivity index (χ4n) is 2.65. The summed E-state index contributed by atoms with van der Waals surface area (Å²) in [5.41, 5.74) is -0.276. The van der Waals surface area contributed by atoms with E-state index in [4.69, 9.17) is 16.3 Å².